The lowest BCUT2D eigenvalue weighted by Crippen LogP contribution is -2.55. The van der Waals surface area contributed by atoms with E-state index in [-0.39, 0.29) is 17.0 Å². The molecule has 1 aliphatic carbocycles. The highest BCUT2D eigenvalue weighted by atomic mass is 35.5. The highest BCUT2D eigenvalue weighted by molar-refractivity contribution is 6.82. The maximum absolute atomic E-state index is 13.4. The Kier molecular flexibility index (Phi) is 5.89. The summed E-state index contributed by atoms with van der Waals surface area (Å²) in [7, 11) is -0.122. The van der Waals surface area contributed by atoms with Crippen LogP contribution in [0, 0.1) is 0 Å². The molecule has 0 bridgehead atoms. The number of amidine groups is 1. The molecule has 2 aliphatic heterocycles. The van der Waals surface area contributed by atoms with E-state index in [2.05, 4.69) is 35.3 Å². The number of benzene rings is 1. The van der Waals surface area contributed by atoms with Gasteiger partial charge in [0.2, 0.25) is 5.91 Å². The molecule has 178 valence electrons. The van der Waals surface area contributed by atoms with Crippen LogP contribution in [-0.2, 0) is 4.79 Å². The van der Waals surface area contributed by atoms with Crippen LogP contribution in [0.5, 0.6) is 5.75 Å². The van der Waals surface area contributed by atoms with Crippen LogP contribution in [-0.4, -0.2) is 56.5 Å². The summed E-state index contributed by atoms with van der Waals surface area (Å²) in [5, 5.41) is 6.29. The van der Waals surface area contributed by atoms with Gasteiger partial charge in [0.15, 0.2) is 0 Å². The van der Waals surface area contributed by atoms with Crippen LogP contribution in [0.3, 0.4) is 0 Å². The van der Waals surface area contributed by atoms with Gasteiger partial charge in [-0.25, -0.2) is 4.79 Å². The van der Waals surface area contributed by atoms with Crippen molar-refractivity contribution in [3.63, 3.8) is 0 Å². The van der Waals surface area contributed by atoms with Crippen LogP contribution in [0.4, 0.5) is 10.5 Å². The first-order chi connectivity index (χ1) is 15.4. The Morgan fingerprint density at radius 1 is 1.18 bits per heavy atom. The predicted octanol–water partition coefficient (Wildman–Crippen LogP) is 5.06. The van der Waals surface area contributed by atoms with E-state index < -0.39 is 13.6 Å². The van der Waals surface area contributed by atoms with Crippen molar-refractivity contribution in [3.8, 4) is 5.75 Å². The van der Waals surface area contributed by atoms with E-state index in [0.717, 1.165) is 30.4 Å². The average Bonchev–Trinajstić information content (AvgIpc) is 3.19. The number of ether oxygens (including phenoxy) is 1. The minimum absolute atomic E-state index is 0.101. The summed E-state index contributed by atoms with van der Waals surface area (Å²) < 4.78 is 5.25. The van der Waals surface area contributed by atoms with Crippen molar-refractivity contribution in [1.29, 1.82) is 0 Å². The molecule has 0 spiro atoms. The molecule has 0 radical (unpaired) electrons. The molecule has 3 aliphatic rings. The highest BCUT2D eigenvalue weighted by Gasteiger charge is 2.54. The molecule has 1 fully saturated rings. The van der Waals surface area contributed by atoms with Crippen molar-refractivity contribution in [2.45, 2.75) is 63.3 Å². The van der Waals surface area contributed by atoms with Crippen LogP contribution in [0.25, 0.3) is 0 Å². The third kappa shape index (κ3) is 3.87. The lowest BCUT2D eigenvalue weighted by molar-refractivity contribution is -0.125. The first-order valence-corrected chi connectivity index (χ1v) is 15.3. The van der Waals surface area contributed by atoms with E-state index in [1.54, 1.807) is 30.2 Å². The second-order valence-electron chi connectivity index (χ2n) is 10.7. The first kappa shape index (κ1) is 23.8. The zero-order valence-electron chi connectivity index (χ0n) is 20.3. The van der Waals surface area contributed by atoms with Gasteiger partial charge >= 0.3 is 6.03 Å². The lowest BCUT2D eigenvalue weighted by Gasteiger charge is -2.49. The highest BCUT2D eigenvalue weighted by Crippen LogP contribution is 2.55. The fourth-order valence-electron chi connectivity index (χ4n) is 5.17. The molecule has 0 aromatic heterocycles. The number of hydrogen-bond donors (Lipinski definition) is 2. The van der Waals surface area contributed by atoms with Crippen LogP contribution in [0.1, 0.15) is 33.1 Å². The Morgan fingerprint density at radius 3 is 2.45 bits per heavy atom. The maximum Gasteiger partial charge on any atom is 0.322 e. The number of methoxy groups -OCH3 is 1. The predicted molar refractivity (Wildman–Crippen MR) is 135 cm³/mol. The Hall–Kier alpha value is -2.32. The molecule has 1 saturated carbocycles. The van der Waals surface area contributed by atoms with Gasteiger partial charge in [0, 0.05) is 16.7 Å². The number of urea groups is 1. The zero-order chi connectivity index (χ0) is 24.2. The molecule has 33 heavy (non-hydrogen) atoms. The number of carbonyl (C=O) groups excluding carboxylic acids is 2. The smallest absolute Gasteiger partial charge is 0.322 e. The Balaban J connectivity index is 1.50. The van der Waals surface area contributed by atoms with Crippen LogP contribution in [0.2, 0.25) is 29.7 Å². The van der Waals surface area contributed by atoms with Crippen LogP contribution in [0.15, 0.2) is 34.3 Å². The number of amides is 3. The van der Waals surface area contributed by atoms with Crippen molar-refractivity contribution in [2.75, 3.05) is 25.5 Å². The second kappa shape index (κ2) is 8.16. The van der Waals surface area contributed by atoms with Gasteiger partial charge in [-0.1, -0.05) is 37.7 Å². The van der Waals surface area contributed by atoms with Crippen LogP contribution >= 0.6 is 11.6 Å². The normalized spacial score (nSPS) is 20.7. The fraction of sp³-hybridized carbons (Fsp3) is 0.542. The van der Waals surface area contributed by atoms with Crippen molar-refractivity contribution in [2.24, 2.45) is 4.99 Å². The van der Waals surface area contributed by atoms with E-state index in [4.69, 9.17) is 16.3 Å². The van der Waals surface area contributed by atoms with Crippen molar-refractivity contribution in [1.82, 2.24) is 10.2 Å². The molecule has 4 rings (SSSR count). The van der Waals surface area contributed by atoms with Gasteiger partial charge in [0.25, 0.3) is 0 Å². The van der Waals surface area contributed by atoms with E-state index in [1.807, 2.05) is 13.8 Å². The van der Waals surface area contributed by atoms with E-state index >= 15 is 0 Å². The number of rotatable bonds is 4. The minimum atomic E-state index is -1.69. The Labute approximate surface area is 201 Å². The van der Waals surface area contributed by atoms with E-state index in [1.165, 1.54) is 0 Å². The third-order valence-corrected chi connectivity index (χ3v) is 11.7. The van der Waals surface area contributed by atoms with Gasteiger partial charge in [-0.3, -0.25) is 9.79 Å². The largest absolute Gasteiger partial charge is 0.497 e. The second-order valence-corrected chi connectivity index (χ2v) is 16.5. The number of hydrogen-bond acceptors (Lipinski definition) is 4. The fourth-order valence-corrected chi connectivity index (χ4v) is 7.93. The van der Waals surface area contributed by atoms with Gasteiger partial charge in [-0.05, 0) is 44.4 Å². The molecular formula is C24H33ClN4O3Si. The van der Waals surface area contributed by atoms with Gasteiger partial charge < -0.3 is 20.3 Å². The average molecular weight is 489 g/mol. The summed E-state index contributed by atoms with van der Waals surface area (Å²) in [6.07, 6.45) is 3.01. The molecule has 0 unspecified atom stereocenters. The molecule has 1 aromatic carbocycles. The van der Waals surface area contributed by atoms with Gasteiger partial charge in [-0.2, -0.15) is 0 Å². The van der Waals surface area contributed by atoms with Crippen molar-refractivity contribution in [3.05, 3.63) is 34.4 Å². The Morgan fingerprint density at radius 2 is 1.88 bits per heavy atom. The lowest BCUT2D eigenvalue weighted by atomic mass is 9.83. The topological polar surface area (TPSA) is 83.0 Å². The van der Waals surface area contributed by atoms with Gasteiger partial charge in [0.05, 0.1) is 44.5 Å². The minimum Gasteiger partial charge on any atom is -0.497 e. The summed E-state index contributed by atoms with van der Waals surface area (Å²) in [6, 6.07) is 4.88. The van der Waals surface area contributed by atoms with E-state index in [9.17, 15) is 9.59 Å². The van der Waals surface area contributed by atoms with E-state index in [0.29, 0.717) is 35.4 Å². The molecule has 2 N–H and O–H groups in total. The first-order valence-electron chi connectivity index (χ1n) is 11.4. The third-order valence-electron chi connectivity index (χ3n) is 7.74. The number of aliphatic imine (C=N–C) groups is 1. The summed E-state index contributed by atoms with van der Waals surface area (Å²) in [4.78, 5) is 33.0. The molecule has 3 amide bonds. The number of anilines is 1. The van der Waals surface area contributed by atoms with Crippen LogP contribution < -0.4 is 15.4 Å². The van der Waals surface area contributed by atoms with Gasteiger partial charge in [-0.15, -0.1) is 0 Å². The monoisotopic (exact) mass is 488 g/mol. The summed E-state index contributed by atoms with van der Waals surface area (Å²) in [5.74, 6) is 1.34. The molecular weight excluding hydrogens is 456 g/mol. The number of nitrogens with zero attached hydrogens (tertiary/aromatic N) is 2. The zero-order valence-corrected chi connectivity index (χ0v) is 22.0. The summed E-state index contributed by atoms with van der Waals surface area (Å²) in [6.45, 7) is 11.7. The molecule has 7 nitrogen and oxygen atoms in total. The number of carbonyl (C=O) groups is 2. The Bertz CT molecular complexity index is 1070. The molecule has 0 atom stereocenters. The maximum atomic E-state index is 13.4. The molecule has 2 heterocycles. The number of nitrogens with one attached hydrogen (secondary N) is 2. The molecule has 1 aromatic rings. The molecule has 9 heteroatoms. The quantitative estimate of drug-likeness (QED) is 0.581. The standard InChI is InChI=1S/C24H33ClN4O3Si/c1-23(2)17-13-26-20(28-21(30)24(10-7-11-24)33(4,5)6)16(17)14-29(23)22(31)27-19-12-15(32-3)8-9-18(19)25/h8-9,12H,7,10-11,13-14H2,1-6H3,(H,27,31)(H,26,28,30). The SMILES string of the molecule is COc1ccc(Cl)c(NC(=O)N2CC3=C(CN=C3NC(=O)C3([Si](C)(C)C)CCC3)C2(C)C)c1. The number of halogens is 1. The van der Waals surface area contributed by atoms with Crippen molar-refractivity contribution >= 4 is 43.1 Å². The molecule has 0 saturated heterocycles. The summed E-state index contributed by atoms with van der Waals surface area (Å²) in [5.41, 5.74) is 1.98. The van der Waals surface area contributed by atoms with Crippen molar-refractivity contribution < 1.29 is 14.3 Å². The summed E-state index contributed by atoms with van der Waals surface area (Å²) >= 11 is 6.29. The van der Waals surface area contributed by atoms with Gasteiger partial charge in [0.1, 0.15) is 11.6 Å².